The fourth-order valence-electron chi connectivity index (χ4n) is 3.92. The van der Waals surface area contributed by atoms with Crippen molar-refractivity contribution in [3.8, 4) is 11.5 Å². The molecule has 31 heavy (non-hydrogen) atoms. The Labute approximate surface area is 180 Å². The Morgan fingerprint density at radius 3 is 2.81 bits per heavy atom. The predicted molar refractivity (Wildman–Crippen MR) is 116 cm³/mol. The van der Waals surface area contributed by atoms with Crippen molar-refractivity contribution in [3.05, 3.63) is 59.5 Å². The van der Waals surface area contributed by atoms with Gasteiger partial charge in [0, 0.05) is 25.4 Å². The topological polar surface area (TPSA) is 89.6 Å². The van der Waals surface area contributed by atoms with E-state index in [1.165, 1.54) is 0 Å². The maximum absolute atomic E-state index is 13.7. The first-order valence-corrected chi connectivity index (χ1v) is 10.2. The maximum Gasteiger partial charge on any atom is 0.277 e. The second-order valence-electron chi connectivity index (χ2n) is 8.00. The first kappa shape index (κ1) is 20.9. The molecule has 8 nitrogen and oxygen atoms in total. The molecule has 0 bridgehead atoms. The molecule has 1 aliphatic rings. The van der Waals surface area contributed by atoms with Crippen molar-refractivity contribution >= 4 is 17.5 Å². The van der Waals surface area contributed by atoms with Crippen LogP contribution >= 0.6 is 0 Å². The number of ether oxygens (including phenoxy) is 1. The van der Waals surface area contributed by atoms with E-state index >= 15 is 0 Å². The van der Waals surface area contributed by atoms with Crippen LogP contribution in [0.3, 0.4) is 0 Å². The molecule has 2 amide bonds. The van der Waals surface area contributed by atoms with Crippen molar-refractivity contribution in [1.82, 2.24) is 15.1 Å². The molecule has 1 unspecified atom stereocenters. The summed E-state index contributed by atoms with van der Waals surface area (Å²) < 4.78 is 12.1. The lowest BCUT2D eigenvalue weighted by Crippen LogP contribution is -2.65. The van der Waals surface area contributed by atoms with Crippen LogP contribution in [-0.4, -0.2) is 47.4 Å². The number of furan rings is 1. The van der Waals surface area contributed by atoms with Crippen molar-refractivity contribution in [2.75, 3.05) is 25.2 Å². The third-order valence-electron chi connectivity index (χ3n) is 5.61. The van der Waals surface area contributed by atoms with Crippen molar-refractivity contribution in [3.63, 3.8) is 0 Å². The molecule has 0 aliphatic carbocycles. The molecule has 0 saturated heterocycles. The summed E-state index contributed by atoms with van der Waals surface area (Å²) >= 11 is 0. The Morgan fingerprint density at radius 2 is 2.10 bits per heavy atom. The normalized spacial score (nSPS) is 18.2. The number of aryl methyl sites for hydroxylation is 2. The molecule has 0 saturated carbocycles. The first-order valence-electron chi connectivity index (χ1n) is 10.2. The third-order valence-corrected chi connectivity index (χ3v) is 5.61. The maximum atomic E-state index is 13.7. The van der Waals surface area contributed by atoms with Crippen LogP contribution in [0.5, 0.6) is 0 Å². The van der Waals surface area contributed by atoms with Gasteiger partial charge < -0.3 is 14.5 Å². The second kappa shape index (κ2) is 8.03. The van der Waals surface area contributed by atoms with Gasteiger partial charge in [-0.15, -0.1) is 0 Å². The molecule has 0 spiro atoms. The Morgan fingerprint density at radius 1 is 1.29 bits per heavy atom. The molecule has 0 fully saturated rings. The van der Waals surface area contributed by atoms with Gasteiger partial charge in [-0.3, -0.25) is 19.2 Å². The van der Waals surface area contributed by atoms with Gasteiger partial charge in [0.05, 0.1) is 19.4 Å². The molecule has 1 aromatic carbocycles. The summed E-state index contributed by atoms with van der Waals surface area (Å²) in [7, 11) is 1.58. The fraction of sp³-hybridized carbons (Fsp3) is 0.348. The van der Waals surface area contributed by atoms with Crippen LogP contribution < -0.4 is 10.2 Å². The van der Waals surface area contributed by atoms with Crippen molar-refractivity contribution in [2.24, 2.45) is 0 Å². The number of benzene rings is 1. The number of carbonyl (C=O) groups is 2. The van der Waals surface area contributed by atoms with E-state index in [-0.39, 0.29) is 18.4 Å². The van der Waals surface area contributed by atoms with E-state index in [0.29, 0.717) is 36.0 Å². The summed E-state index contributed by atoms with van der Waals surface area (Å²) in [6.07, 6.45) is 1.56. The standard InChI is InChI=1S/C23H26N4O4/c1-15-7-8-16(2)18(12-15)27-21(28)19-13-17(20-6-5-10-31-20)25-26(19)14-23(27,3)22(29)24-9-11-30-4/h5-8,10,12-13H,9,11,14H2,1-4H3,(H,24,29). The summed E-state index contributed by atoms with van der Waals surface area (Å²) in [6.45, 7) is 6.61. The lowest BCUT2D eigenvalue weighted by Gasteiger charge is -2.43. The number of aromatic nitrogens is 2. The van der Waals surface area contributed by atoms with Gasteiger partial charge >= 0.3 is 0 Å². The summed E-state index contributed by atoms with van der Waals surface area (Å²) in [5.41, 5.74) is 2.41. The highest BCUT2D eigenvalue weighted by Crippen LogP contribution is 2.36. The lowest BCUT2D eigenvalue weighted by atomic mass is 9.92. The Bertz CT molecular complexity index is 1120. The van der Waals surface area contributed by atoms with E-state index in [0.717, 1.165) is 11.1 Å². The van der Waals surface area contributed by atoms with Gasteiger partial charge in [-0.25, -0.2) is 0 Å². The Balaban J connectivity index is 1.82. The summed E-state index contributed by atoms with van der Waals surface area (Å²) in [6, 6.07) is 11.2. The number of hydrogen-bond acceptors (Lipinski definition) is 5. The minimum absolute atomic E-state index is 0.209. The second-order valence-corrected chi connectivity index (χ2v) is 8.00. The van der Waals surface area contributed by atoms with Crippen LogP contribution in [0.1, 0.15) is 28.5 Å². The molecular weight excluding hydrogens is 396 g/mol. The van der Waals surface area contributed by atoms with Gasteiger partial charge in [-0.05, 0) is 50.1 Å². The SMILES string of the molecule is COCCNC(=O)C1(C)Cn2nc(-c3ccco3)cc2C(=O)N1c1cc(C)ccc1C. The number of anilines is 1. The fourth-order valence-corrected chi connectivity index (χ4v) is 3.92. The molecule has 1 atom stereocenters. The molecule has 162 valence electrons. The Kier molecular flexibility index (Phi) is 5.41. The molecular formula is C23H26N4O4. The summed E-state index contributed by atoms with van der Waals surface area (Å²) in [4.78, 5) is 28.7. The third kappa shape index (κ3) is 3.63. The van der Waals surface area contributed by atoms with Crippen molar-refractivity contribution in [2.45, 2.75) is 32.9 Å². The molecule has 3 aromatic rings. The van der Waals surface area contributed by atoms with Gasteiger partial charge in [0.1, 0.15) is 16.9 Å². The van der Waals surface area contributed by atoms with Gasteiger partial charge in [-0.2, -0.15) is 5.10 Å². The highest BCUT2D eigenvalue weighted by molar-refractivity contribution is 6.12. The number of methoxy groups -OCH3 is 1. The Hall–Kier alpha value is -3.39. The van der Waals surface area contributed by atoms with E-state index in [9.17, 15) is 9.59 Å². The average Bonchev–Trinajstić information content (AvgIpc) is 3.40. The number of nitrogens with one attached hydrogen (secondary N) is 1. The van der Waals surface area contributed by atoms with Crippen LogP contribution in [0.25, 0.3) is 11.5 Å². The highest BCUT2D eigenvalue weighted by Gasteiger charge is 2.49. The zero-order valence-corrected chi connectivity index (χ0v) is 18.1. The smallest absolute Gasteiger partial charge is 0.277 e. The largest absolute Gasteiger partial charge is 0.463 e. The van der Waals surface area contributed by atoms with E-state index < -0.39 is 5.54 Å². The number of fused-ring (bicyclic) bond motifs is 1. The van der Waals surface area contributed by atoms with Crippen LogP contribution in [0.2, 0.25) is 0 Å². The molecule has 0 radical (unpaired) electrons. The number of amides is 2. The van der Waals surface area contributed by atoms with Gasteiger partial charge in [0.25, 0.3) is 5.91 Å². The van der Waals surface area contributed by atoms with Crippen LogP contribution in [0, 0.1) is 13.8 Å². The van der Waals surface area contributed by atoms with E-state index in [1.54, 1.807) is 48.1 Å². The molecule has 4 rings (SSSR count). The average molecular weight is 422 g/mol. The molecule has 1 N–H and O–H groups in total. The number of hydrogen-bond donors (Lipinski definition) is 1. The zero-order valence-electron chi connectivity index (χ0n) is 18.1. The minimum Gasteiger partial charge on any atom is -0.463 e. The van der Waals surface area contributed by atoms with Crippen LogP contribution in [-0.2, 0) is 16.1 Å². The lowest BCUT2D eigenvalue weighted by molar-refractivity contribution is -0.126. The van der Waals surface area contributed by atoms with Crippen molar-refractivity contribution in [1.29, 1.82) is 0 Å². The van der Waals surface area contributed by atoms with Gasteiger partial charge in [0.2, 0.25) is 5.91 Å². The predicted octanol–water partition coefficient (Wildman–Crippen LogP) is 2.94. The van der Waals surface area contributed by atoms with E-state index in [4.69, 9.17) is 9.15 Å². The summed E-state index contributed by atoms with van der Waals surface area (Å²) in [5, 5.41) is 7.45. The van der Waals surface area contributed by atoms with Crippen LogP contribution in [0.15, 0.2) is 47.1 Å². The molecule has 3 heterocycles. The zero-order chi connectivity index (χ0) is 22.2. The van der Waals surface area contributed by atoms with Gasteiger partial charge in [-0.1, -0.05) is 12.1 Å². The van der Waals surface area contributed by atoms with E-state index in [2.05, 4.69) is 10.4 Å². The van der Waals surface area contributed by atoms with Crippen LogP contribution in [0.4, 0.5) is 5.69 Å². The number of nitrogens with zero attached hydrogens (tertiary/aromatic N) is 3. The highest BCUT2D eigenvalue weighted by atomic mass is 16.5. The van der Waals surface area contributed by atoms with Gasteiger partial charge in [0.15, 0.2) is 5.76 Å². The minimum atomic E-state index is -1.18. The molecule has 2 aromatic heterocycles. The van der Waals surface area contributed by atoms with Crippen molar-refractivity contribution < 1.29 is 18.7 Å². The molecule has 1 aliphatic heterocycles. The first-order chi connectivity index (χ1) is 14.8. The number of rotatable bonds is 6. The quantitative estimate of drug-likeness (QED) is 0.617. The number of carbonyl (C=O) groups excluding carboxylic acids is 2. The van der Waals surface area contributed by atoms with E-state index in [1.807, 2.05) is 32.0 Å². The summed E-state index contributed by atoms with van der Waals surface area (Å²) in [5.74, 6) is 0.0217. The monoisotopic (exact) mass is 422 g/mol. The molecule has 8 heteroatoms.